The summed E-state index contributed by atoms with van der Waals surface area (Å²) in [6.07, 6.45) is 5.40. The van der Waals surface area contributed by atoms with E-state index >= 15 is 0 Å². The fraction of sp³-hybridized carbons (Fsp3) is 0.733. The second kappa shape index (κ2) is 6.48. The van der Waals surface area contributed by atoms with Crippen molar-refractivity contribution in [1.29, 1.82) is 0 Å². The predicted octanol–water partition coefficient (Wildman–Crippen LogP) is 2.23. The number of hydrogen-bond acceptors (Lipinski definition) is 4. The zero-order valence-electron chi connectivity index (χ0n) is 13.1. The Kier molecular flexibility index (Phi) is 5.09. The molecule has 0 atom stereocenters. The van der Waals surface area contributed by atoms with Gasteiger partial charge in [-0.25, -0.2) is 4.68 Å². The molecular formula is C15H25BrN4O. The highest BCUT2D eigenvalue weighted by molar-refractivity contribution is 9.10. The predicted molar refractivity (Wildman–Crippen MR) is 89.6 cm³/mol. The van der Waals surface area contributed by atoms with Crippen LogP contribution >= 0.6 is 15.9 Å². The minimum absolute atomic E-state index is 0.0217. The number of anilines is 1. The molecule has 0 aromatic carbocycles. The van der Waals surface area contributed by atoms with Crippen LogP contribution in [0.2, 0.25) is 0 Å². The van der Waals surface area contributed by atoms with E-state index in [9.17, 15) is 4.79 Å². The lowest BCUT2D eigenvalue weighted by molar-refractivity contribution is 0.261. The van der Waals surface area contributed by atoms with Gasteiger partial charge in [0.1, 0.15) is 5.69 Å². The van der Waals surface area contributed by atoms with Crippen LogP contribution in [-0.4, -0.2) is 29.9 Å². The van der Waals surface area contributed by atoms with Gasteiger partial charge < -0.3 is 10.6 Å². The third-order valence-electron chi connectivity index (χ3n) is 4.23. The lowest BCUT2D eigenvalue weighted by atomic mass is 9.85. The number of nitrogens with two attached hydrogens (primary N) is 1. The molecule has 0 aliphatic heterocycles. The first kappa shape index (κ1) is 16.5. The van der Waals surface area contributed by atoms with Crippen LogP contribution in [0.5, 0.6) is 0 Å². The Morgan fingerprint density at radius 1 is 1.52 bits per heavy atom. The van der Waals surface area contributed by atoms with Crippen LogP contribution in [0.4, 0.5) is 5.69 Å². The molecule has 0 saturated heterocycles. The van der Waals surface area contributed by atoms with Gasteiger partial charge in [-0.15, -0.1) is 0 Å². The largest absolute Gasteiger partial charge is 0.369 e. The highest BCUT2D eigenvalue weighted by atomic mass is 79.9. The first-order chi connectivity index (χ1) is 9.84. The van der Waals surface area contributed by atoms with E-state index in [1.54, 1.807) is 10.9 Å². The molecule has 0 bridgehead atoms. The van der Waals surface area contributed by atoms with Gasteiger partial charge >= 0.3 is 0 Å². The summed E-state index contributed by atoms with van der Waals surface area (Å²) in [4.78, 5) is 14.7. The van der Waals surface area contributed by atoms with Gasteiger partial charge in [-0.1, -0.05) is 20.3 Å². The molecule has 0 amide bonds. The lowest BCUT2D eigenvalue weighted by Gasteiger charge is -2.31. The second-order valence-corrected chi connectivity index (χ2v) is 7.70. The summed E-state index contributed by atoms with van der Waals surface area (Å²) < 4.78 is 2.35. The second-order valence-electron chi connectivity index (χ2n) is 6.85. The molecule has 1 saturated carbocycles. The van der Waals surface area contributed by atoms with Crippen LogP contribution in [-0.2, 0) is 6.54 Å². The summed E-state index contributed by atoms with van der Waals surface area (Å²) in [6, 6.07) is 0. The number of aromatic nitrogens is 2. The monoisotopic (exact) mass is 356 g/mol. The van der Waals surface area contributed by atoms with E-state index in [0.29, 0.717) is 18.2 Å². The quantitative estimate of drug-likeness (QED) is 0.848. The van der Waals surface area contributed by atoms with E-state index in [1.165, 1.54) is 19.3 Å². The van der Waals surface area contributed by atoms with Gasteiger partial charge in [0.05, 0.1) is 10.7 Å². The number of halogens is 1. The number of nitrogens with zero attached hydrogens (tertiary/aromatic N) is 3. The molecule has 1 heterocycles. The van der Waals surface area contributed by atoms with E-state index in [1.807, 2.05) is 11.9 Å². The highest BCUT2D eigenvalue weighted by Gasteiger charge is 2.24. The minimum atomic E-state index is -0.0390. The fourth-order valence-corrected chi connectivity index (χ4v) is 3.20. The Balaban J connectivity index is 2.24. The van der Waals surface area contributed by atoms with Gasteiger partial charge in [-0.05, 0) is 46.6 Å². The molecule has 0 spiro atoms. The smallest absolute Gasteiger partial charge is 0.291 e. The zero-order chi connectivity index (χ0) is 15.6. The van der Waals surface area contributed by atoms with Crippen molar-refractivity contribution < 1.29 is 0 Å². The van der Waals surface area contributed by atoms with Crippen molar-refractivity contribution in [2.45, 2.75) is 39.7 Å². The van der Waals surface area contributed by atoms with Crippen LogP contribution in [0.25, 0.3) is 0 Å². The Hall–Kier alpha value is -0.880. The molecule has 1 aliphatic rings. The van der Waals surface area contributed by atoms with Crippen molar-refractivity contribution in [1.82, 2.24) is 9.78 Å². The van der Waals surface area contributed by atoms with Crippen molar-refractivity contribution in [3.63, 3.8) is 0 Å². The molecule has 0 radical (unpaired) electrons. The third kappa shape index (κ3) is 3.86. The van der Waals surface area contributed by atoms with Crippen molar-refractivity contribution in [3.05, 3.63) is 21.0 Å². The topological polar surface area (TPSA) is 64.2 Å². The van der Waals surface area contributed by atoms with Gasteiger partial charge in [-0.2, -0.15) is 5.10 Å². The fourth-order valence-electron chi connectivity index (χ4n) is 2.64. The molecule has 1 aliphatic carbocycles. The number of hydrogen-bond donors (Lipinski definition) is 1. The van der Waals surface area contributed by atoms with Gasteiger partial charge in [-0.3, -0.25) is 4.79 Å². The van der Waals surface area contributed by atoms with Crippen LogP contribution in [0.1, 0.15) is 33.1 Å². The molecule has 1 aromatic rings. The Bertz CT molecular complexity index is 551. The van der Waals surface area contributed by atoms with Crippen LogP contribution < -0.4 is 16.2 Å². The molecule has 2 rings (SSSR count). The molecule has 1 aromatic heterocycles. The first-order valence-corrected chi connectivity index (χ1v) is 8.30. The molecule has 2 N–H and O–H groups in total. The summed E-state index contributed by atoms with van der Waals surface area (Å²) in [5.74, 6) is 0.606. The van der Waals surface area contributed by atoms with Crippen LogP contribution in [0, 0.1) is 11.3 Å². The molecule has 5 nitrogen and oxygen atoms in total. The van der Waals surface area contributed by atoms with E-state index < -0.39 is 0 Å². The average Bonchev–Trinajstić information content (AvgIpc) is 2.35. The van der Waals surface area contributed by atoms with E-state index in [-0.39, 0.29) is 11.0 Å². The average molecular weight is 357 g/mol. The van der Waals surface area contributed by atoms with Crippen LogP contribution in [0.15, 0.2) is 15.5 Å². The zero-order valence-corrected chi connectivity index (χ0v) is 14.7. The summed E-state index contributed by atoms with van der Waals surface area (Å²) in [5, 5.41) is 4.27. The maximum absolute atomic E-state index is 12.7. The summed E-state index contributed by atoms with van der Waals surface area (Å²) in [6.45, 7) is 6.24. The summed E-state index contributed by atoms with van der Waals surface area (Å²) in [5.41, 5.74) is 6.41. The van der Waals surface area contributed by atoms with Gasteiger partial charge in [0.25, 0.3) is 5.56 Å². The number of rotatable bonds is 6. The SMILES string of the molecule is CN(CC(C)(C)CN)c1c(Br)cnn(CC2CCC2)c1=O. The molecule has 118 valence electrons. The molecule has 0 unspecified atom stereocenters. The van der Waals surface area contributed by atoms with E-state index in [2.05, 4.69) is 34.9 Å². The lowest BCUT2D eigenvalue weighted by Crippen LogP contribution is -2.40. The molecular weight excluding hydrogens is 332 g/mol. The Labute approximate surface area is 134 Å². The summed E-state index contributed by atoms with van der Waals surface area (Å²) >= 11 is 3.46. The normalized spacial score (nSPS) is 15.9. The first-order valence-electron chi connectivity index (χ1n) is 7.51. The Morgan fingerprint density at radius 2 is 2.19 bits per heavy atom. The maximum Gasteiger partial charge on any atom is 0.291 e. The third-order valence-corrected chi connectivity index (χ3v) is 4.81. The van der Waals surface area contributed by atoms with Crippen molar-refractivity contribution in [3.8, 4) is 0 Å². The van der Waals surface area contributed by atoms with Crippen molar-refractivity contribution >= 4 is 21.6 Å². The minimum Gasteiger partial charge on any atom is -0.369 e. The Morgan fingerprint density at radius 3 is 2.71 bits per heavy atom. The van der Waals surface area contributed by atoms with Crippen molar-refractivity contribution in [2.24, 2.45) is 17.1 Å². The van der Waals surface area contributed by atoms with E-state index in [0.717, 1.165) is 17.6 Å². The summed E-state index contributed by atoms with van der Waals surface area (Å²) in [7, 11) is 1.94. The molecule has 21 heavy (non-hydrogen) atoms. The molecule has 6 heteroatoms. The highest BCUT2D eigenvalue weighted by Crippen LogP contribution is 2.28. The standard InChI is InChI=1S/C15H25BrN4O/c1-15(2,9-17)10-19(3)13-12(16)7-18-20(14(13)21)8-11-5-4-6-11/h7,11H,4-6,8-10,17H2,1-3H3. The van der Waals surface area contributed by atoms with Gasteiger partial charge in [0, 0.05) is 20.1 Å². The van der Waals surface area contributed by atoms with Gasteiger partial charge in [0.2, 0.25) is 0 Å². The van der Waals surface area contributed by atoms with Crippen LogP contribution in [0.3, 0.4) is 0 Å². The van der Waals surface area contributed by atoms with Gasteiger partial charge in [0.15, 0.2) is 0 Å². The maximum atomic E-state index is 12.7. The van der Waals surface area contributed by atoms with E-state index in [4.69, 9.17) is 5.73 Å². The van der Waals surface area contributed by atoms with Crippen molar-refractivity contribution in [2.75, 3.05) is 25.0 Å². The molecule has 1 fully saturated rings.